The molecule has 3 aromatic rings. The fourth-order valence-corrected chi connectivity index (χ4v) is 5.69. The number of hydrogen-bond donors (Lipinski definition) is 1. The molecule has 190 valence electrons. The summed E-state index contributed by atoms with van der Waals surface area (Å²) in [5.41, 5.74) is 5.26. The van der Waals surface area contributed by atoms with Crippen molar-refractivity contribution in [3.63, 3.8) is 0 Å². The van der Waals surface area contributed by atoms with Crippen molar-refractivity contribution in [1.82, 2.24) is 5.43 Å². The zero-order chi connectivity index (χ0) is 26.5. The van der Waals surface area contributed by atoms with Gasteiger partial charge in [0.1, 0.15) is 12.3 Å². The van der Waals surface area contributed by atoms with Gasteiger partial charge in [-0.2, -0.15) is 5.10 Å². The fourth-order valence-electron chi connectivity index (χ4n) is 3.27. The smallest absolute Gasteiger partial charge is 0.264 e. The van der Waals surface area contributed by atoms with E-state index in [1.54, 1.807) is 18.2 Å². The number of carbonyl (C=O) groups excluding carboxylic acids is 1. The van der Waals surface area contributed by atoms with Crippen molar-refractivity contribution in [3.05, 3.63) is 81.3 Å². The van der Waals surface area contributed by atoms with Crippen LogP contribution in [0.4, 0.5) is 11.4 Å². The molecule has 0 aliphatic rings. The standard InChI is InChI=1S/C25H26BrClN4O4S/c1-17-5-9-20(10-6-17)36(33,34)31(19-8-12-24(35-4)22(27)14-19)16-25(32)29-28-15-18-7-11-23(30(2)3)21(26)13-18/h5-15H,16H2,1-4H3,(H,29,32)/b28-15-. The molecule has 0 spiro atoms. The molecule has 0 fully saturated rings. The van der Waals surface area contributed by atoms with Gasteiger partial charge in [-0.05, 0) is 70.9 Å². The lowest BCUT2D eigenvalue weighted by molar-refractivity contribution is -0.119. The van der Waals surface area contributed by atoms with E-state index in [-0.39, 0.29) is 15.6 Å². The number of amides is 1. The molecule has 0 saturated carbocycles. The molecule has 11 heteroatoms. The minimum atomic E-state index is -4.09. The zero-order valence-corrected chi connectivity index (χ0v) is 23.4. The van der Waals surface area contributed by atoms with Gasteiger partial charge in [-0.25, -0.2) is 13.8 Å². The number of sulfonamides is 1. The molecule has 36 heavy (non-hydrogen) atoms. The summed E-state index contributed by atoms with van der Waals surface area (Å²) in [7, 11) is 1.23. The molecule has 0 saturated heterocycles. The van der Waals surface area contributed by atoms with Crippen LogP contribution in [0.3, 0.4) is 0 Å². The maximum Gasteiger partial charge on any atom is 0.264 e. The third kappa shape index (κ3) is 6.57. The molecule has 0 unspecified atom stereocenters. The Morgan fingerprint density at radius 3 is 2.39 bits per heavy atom. The van der Waals surface area contributed by atoms with Crippen LogP contribution in [-0.4, -0.2) is 48.3 Å². The largest absolute Gasteiger partial charge is 0.495 e. The molecule has 0 radical (unpaired) electrons. The van der Waals surface area contributed by atoms with Crippen molar-refractivity contribution in [2.75, 3.05) is 37.0 Å². The maximum atomic E-state index is 13.5. The van der Waals surface area contributed by atoms with Crippen LogP contribution in [0, 0.1) is 6.92 Å². The Morgan fingerprint density at radius 1 is 1.11 bits per heavy atom. The minimum Gasteiger partial charge on any atom is -0.495 e. The number of ether oxygens (including phenoxy) is 1. The highest BCUT2D eigenvalue weighted by Gasteiger charge is 2.27. The molecular formula is C25H26BrClN4O4S. The molecule has 0 heterocycles. The summed E-state index contributed by atoms with van der Waals surface area (Å²) in [5.74, 6) is -0.244. The number of hydrogen-bond acceptors (Lipinski definition) is 6. The number of carbonyl (C=O) groups is 1. The summed E-state index contributed by atoms with van der Waals surface area (Å²) in [5, 5.41) is 4.20. The predicted octanol–water partition coefficient (Wildman–Crippen LogP) is 4.83. The van der Waals surface area contributed by atoms with E-state index >= 15 is 0 Å². The van der Waals surface area contributed by atoms with Crippen molar-refractivity contribution in [2.24, 2.45) is 5.10 Å². The van der Waals surface area contributed by atoms with Crippen LogP contribution in [-0.2, 0) is 14.8 Å². The number of rotatable bonds is 9. The highest BCUT2D eigenvalue weighted by Crippen LogP contribution is 2.32. The number of nitrogens with one attached hydrogen (secondary N) is 1. The fraction of sp³-hybridized carbons (Fsp3) is 0.200. The van der Waals surface area contributed by atoms with Gasteiger partial charge in [-0.1, -0.05) is 35.4 Å². The van der Waals surface area contributed by atoms with E-state index in [4.69, 9.17) is 16.3 Å². The SMILES string of the molecule is COc1ccc(N(CC(=O)N/N=C\c2ccc(N(C)C)c(Br)c2)S(=O)(=O)c2ccc(C)cc2)cc1Cl. The molecule has 0 aliphatic heterocycles. The molecule has 0 bridgehead atoms. The summed E-state index contributed by atoms with van der Waals surface area (Å²) >= 11 is 9.75. The van der Waals surface area contributed by atoms with Gasteiger partial charge in [-0.3, -0.25) is 9.10 Å². The number of benzene rings is 3. The normalized spacial score (nSPS) is 11.4. The lowest BCUT2D eigenvalue weighted by Crippen LogP contribution is -2.39. The van der Waals surface area contributed by atoms with Gasteiger partial charge in [0.25, 0.3) is 15.9 Å². The average Bonchev–Trinajstić information content (AvgIpc) is 2.82. The highest BCUT2D eigenvalue weighted by atomic mass is 79.9. The van der Waals surface area contributed by atoms with Crippen molar-refractivity contribution >= 4 is 61.1 Å². The molecule has 3 rings (SSSR count). The van der Waals surface area contributed by atoms with Crippen LogP contribution < -0.4 is 19.4 Å². The van der Waals surface area contributed by atoms with Crippen LogP contribution in [0.2, 0.25) is 5.02 Å². The van der Waals surface area contributed by atoms with Gasteiger partial charge in [-0.15, -0.1) is 0 Å². The van der Waals surface area contributed by atoms with Gasteiger partial charge in [0.15, 0.2) is 0 Å². The Morgan fingerprint density at radius 2 is 1.81 bits per heavy atom. The van der Waals surface area contributed by atoms with Crippen LogP contribution in [0.15, 0.2) is 75.1 Å². The monoisotopic (exact) mass is 592 g/mol. The van der Waals surface area contributed by atoms with E-state index in [1.807, 2.05) is 44.1 Å². The first-order valence-electron chi connectivity index (χ1n) is 10.7. The van der Waals surface area contributed by atoms with Gasteiger partial charge in [0.05, 0.1) is 34.6 Å². The van der Waals surface area contributed by atoms with Crippen molar-refractivity contribution in [2.45, 2.75) is 11.8 Å². The van der Waals surface area contributed by atoms with Gasteiger partial charge >= 0.3 is 0 Å². The Hall–Kier alpha value is -3.08. The molecule has 0 aliphatic carbocycles. The van der Waals surface area contributed by atoms with E-state index in [0.717, 1.165) is 25.6 Å². The summed E-state index contributed by atoms with van der Waals surface area (Å²) < 4.78 is 34.0. The van der Waals surface area contributed by atoms with Gasteiger partial charge in [0, 0.05) is 18.6 Å². The molecule has 1 amide bonds. The predicted molar refractivity (Wildman–Crippen MR) is 148 cm³/mol. The lowest BCUT2D eigenvalue weighted by atomic mass is 10.2. The Labute approximate surface area is 224 Å². The Kier molecular flexibility index (Phi) is 8.99. The molecular weight excluding hydrogens is 568 g/mol. The number of methoxy groups -OCH3 is 1. The van der Waals surface area contributed by atoms with E-state index < -0.39 is 22.5 Å². The van der Waals surface area contributed by atoms with Crippen molar-refractivity contribution in [1.29, 1.82) is 0 Å². The van der Waals surface area contributed by atoms with Gasteiger partial charge < -0.3 is 9.64 Å². The van der Waals surface area contributed by atoms with Crippen LogP contribution in [0.25, 0.3) is 0 Å². The summed E-state index contributed by atoms with van der Waals surface area (Å²) in [6.45, 7) is 1.34. The third-order valence-electron chi connectivity index (χ3n) is 5.18. The molecule has 0 aromatic heterocycles. The summed E-state index contributed by atoms with van der Waals surface area (Å²) in [6.07, 6.45) is 1.48. The minimum absolute atomic E-state index is 0.0437. The number of halogens is 2. The first kappa shape index (κ1) is 27.5. The zero-order valence-electron chi connectivity index (χ0n) is 20.2. The van der Waals surface area contributed by atoms with Gasteiger partial charge in [0.2, 0.25) is 0 Å². The number of aryl methyl sites for hydroxylation is 1. The lowest BCUT2D eigenvalue weighted by Gasteiger charge is -2.24. The summed E-state index contributed by atoms with van der Waals surface area (Å²) in [6, 6.07) is 16.5. The highest BCUT2D eigenvalue weighted by molar-refractivity contribution is 9.10. The summed E-state index contributed by atoms with van der Waals surface area (Å²) in [4.78, 5) is 14.8. The first-order chi connectivity index (χ1) is 17.0. The maximum absolute atomic E-state index is 13.5. The number of nitrogens with zero attached hydrogens (tertiary/aromatic N) is 3. The number of hydrazone groups is 1. The second-order valence-corrected chi connectivity index (χ2v) is 11.2. The van der Waals surface area contributed by atoms with Crippen LogP contribution >= 0.6 is 27.5 Å². The quantitative estimate of drug-likeness (QED) is 0.284. The third-order valence-corrected chi connectivity index (χ3v) is 7.89. The van der Waals surface area contributed by atoms with E-state index in [9.17, 15) is 13.2 Å². The molecule has 1 N–H and O–H groups in total. The average molecular weight is 594 g/mol. The first-order valence-corrected chi connectivity index (χ1v) is 13.4. The van der Waals surface area contributed by atoms with Crippen molar-refractivity contribution < 1.29 is 17.9 Å². The topological polar surface area (TPSA) is 91.3 Å². The second-order valence-electron chi connectivity index (χ2n) is 8.04. The Balaban J connectivity index is 1.85. The van der Waals surface area contributed by atoms with Crippen LogP contribution in [0.5, 0.6) is 5.75 Å². The van der Waals surface area contributed by atoms with Crippen molar-refractivity contribution in [3.8, 4) is 5.75 Å². The second kappa shape index (κ2) is 11.8. The molecule has 8 nitrogen and oxygen atoms in total. The van der Waals surface area contributed by atoms with Crippen LogP contribution in [0.1, 0.15) is 11.1 Å². The van der Waals surface area contributed by atoms with E-state index in [0.29, 0.717) is 5.75 Å². The number of anilines is 2. The molecule has 3 aromatic carbocycles. The Bertz CT molecular complexity index is 1380. The van der Waals surface area contributed by atoms with E-state index in [1.165, 1.54) is 37.6 Å². The van der Waals surface area contributed by atoms with E-state index in [2.05, 4.69) is 26.5 Å². The molecule has 0 atom stereocenters.